The molecule has 1 heterocycles. The SMILES string of the molecule is CC(O)CNC(=O)c1cccc(Oc2cccc(C#N)n2)c1. The van der Waals surface area contributed by atoms with Gasteiger partial charge in [0.2, 0.25) is 5.88 Å². The van der Waals surface area contributed by atoms with Gasteiger partial charge in [-0.1, -0.05) is 12.1 Å². The molecule has 0 aliphatic rings. The lowest BCUT2D eigenvalue weighted by molar-refractivity contribution is 0.0923. The van der Waals surface area contributed by atoms with Crippen LogP contribution in [-0.4, -0.2) is 28.6 Å². The van der Waals surface area contributed by atoms with Gasteiger partial charge in [-0.15, -0.1) is 0 Å². The lowest BCUT2D eigenvalue weighted by Gasteiger charge is -2.09. The Kier molecular flexibility index (Phi) is 5.07. The van der Waals surface area contributed by atoms with Gasteiger partial charge >= 0.3 is 0 Å². The van der Waals surface area contributed by atoms with Gasteiger partial charge in [-0.3, -0.25) is 4.79 Å². The first kappa shape index (κ1) is 15.5. The first-order valence-corrected chi connectivity index (χ1v) is 6.70. The normalized spacial score (nSPS) is 11.3. The van der Waals surface area contributed by atoms with Crippen molar-refractivity contribution in [1.29, 1.82) is 5.26 Å². The molecule has 0 radical (unpaired) electrons. The van der Waals surface area contributed by atoms with E-state index in [4.69, 9.17) is 10.00 Å². The number of carbonyl (C=O) groups excluding carboxylic acids is 1. The predicted molar refractivity (Wildman–Crippen MR) is 79.5 cm³/mol. The highest BCUT2D eigenvalue weighted by Gasteiger charge is 2.08. The third-order valence-electron chi connectivity index (χ3n) is 2.71. The van der Waals surface area contributed by atoms with Gasteiger partial charge in [0, 0.05) is 18.2 Å². The fourth-order valence-corrected chi connectivity index (χ4v) is 1.70. The second-order valence-corrected chi connectivity index (χ2v) is 4.66. The summed E-state index contributed by atoms with van der Waals surface area (Å²) in [6.45, 7) is 1.77. The van der Waals surface area contributed by atoms with Crippen LogP contribution < -0.4 is 10.1 Å². The monoisotopic (exact) mass is 297 g/mol. The second-order valence-electron chi connectivity index (χ2n) is 4.66. The second kappa shape index (κ2) is 7.20. The highest BCUT2D eigenvalue weighted by Crippen LogP contribution is 2.20. The summed E-state index contributed by atoms with van der Waals surface area (Å²) in [7, 11) is 0. The number of amides is 1. The number of hydrogen-bond acceptors (Lipinski definition) is 5. The smallest absolute Gasteiger partial charge is 0.251 e. The van der Waals surface area contributed by atoms with E-state index in [1.807, 2.05) is 6.07 Å². The van der Waals surface area contributed by atoms with Crippen molar-refractivity contribution in [2.75, 3.05) is 6.54 Å². The molecule has 2 aromatic rings. The lowest BCUT2D eigenvalue weighted by atomic mass is 10.2. The van der Waals surface area contributed by atoms with Crippen LogP contribution >= 0.6 is 0 Å². The molecule has 0 bridgehead atoms. The molecule has 1 unspecified atom stereocenters. The zero-order valence-corrected chi connectivity index (χ0v) is 12.0. The standard InChI is InChI=1S/C16H15N3O3/c1-11(20)10-18-16(21)12-4-2-6-14(8-12)22-15-7-3-5-13(9-17)19-15/h2-8,11,20H,10H2,1H3,(H,18,21). The van der Waals surface area contributed by atoms with Crippen LogP contribution in [0.25, 0.3) is 0 Å². The van der Waals surface area contributed by atoms with E-state index >= 15 is 0 Å². The number of rotatable bonds is 5. The van der Waals surface area contributed by atoms with Crippen molar-refractivity contribution >= 4 is 5.91 Å². The van der Waals surface area contributed by atoms with Gasteiger partial charge in [-0.25, -0.2) is 4.98 Å². The largest absolute Gasteiger partial charge is 0.439 e. The number of nitrogens with one attached hydrogen (secondary N) is 1. The van der Waals surface area contributed by atoms with Crippen LogP contribution in [0.1, 0.15) is 23.0 Å². The summed E-state index contributed by atoms with van der Waals surface area (Å²) < 4.78 is 5.55. The Balaban J connectivity index is 2.11. The molecule has 1 aromatic heterocycles. The van der Waals surface area contributed by atoms with Crippen LogP contribution in [0.4, 0.5) is 0 Å². The first-order chi connectivity index (χ1) is 10.6. The van der Waals surface area contributed by atoms with Crippen molar-refractivity contribution in [2.45, 2.75) is 13.0 Å². The Morgan fingerprint density at radius 2 is 2.18 bits per heavy atom. The number of nitrogens with zero attached hydrogens (tertiary/aromatic N) is 2. The molecule has 0 saturated carbocycles. The zero-order valence-electron chi connectivity index (χ0n) is 12.0. The number of benzene rings is 1. The molecule has 1 aromatic carbocycles. The summed E-state index contributed by atoms with van der Waals surface area (Å²) in [5.74, 6) is 0.415. The molecule has 2 N–H and O–H groups in total. The number of aromatic nitrogens is 1. The highest BCUT2D eigenvalue weighted by molar-refractivity contribution is 5.94. The van der Waals surface area contributed by atoms with E-state index in [2.05, 4.69) is 10.3 Å². The van der Waals surface area contributed by atoms with E-state index in [9.17, 15) is 9.90 Å². The Morgan fingerprint density at radius 1 is 1.41 bits per heavy atom. The molecule has 6 nitrogen and oxygen atoms in total. The van der Waals surface area contributed by atoms with E-state index in [0.29, 0.717) is 11.3 Å². The van der Waals surface area contributed by atoms with Crippen molar-refractivity contribution in [2.24, 2.45) is 0 Å². The Labute approximate surface area is 128 Å². The number of ether oxygens (including phenoxy) is 1. The highest BCUT2D eigenvalue weighted by atomic mass is 16.5. The number of nitriles is 1. The van der Waals surface area contributed by atoms with Crippen molar-refractivity contribution in [1.82, 2.24) is 10.3 Å². The summed E-state index contributed by atoms with van der Waals surface area (Å²) in [5, 5.41) is 20.6. The molecule has 22 heavy (non-hydrogen) atoms. The van der Waals surface area contributed by atoms with Crippen molar-refractivity contribution in [3.63, 3.8) is 0 Å². The minimum Gasteiger partial charge on any atom is -0.439 e. The van der Waals surface area contributed by atoms with Gasteiger partial charge in [-0.2, -0.15) is 5.26 Å². The minimum atomic E-state index is -0.610. The Hall–Kier alpha value is -2.91. The van der Waals surface area contributed by atoms with Crippen molar-refractivity contribution in [3.05, 3.63) is 53.7 Å². The lowest BCUT2D eigenvalue weighted by Crippen LogP contribution is -2.30. The van der Waals surface area contributed by atoms with Gasteiger partial charge in [-0.05, 0) is 31.2 Å². The van der Waals surface area contributed by atoms with Gasteiger partial charge in [0.15, 0.2) is 0 Å². The number of carbonyl (C=O) groups is 1. The molecule has 0 fully saturated rings. The van der Waals surface area contributed by atoms with Gasteiger partial charge in [0.25, 0.3) is 5.91 Å². The average Bonchev–Trinajstić information content (AvgIpc) is 2.53. The quantitative estimate of drug-likeness (QED) is 0.878. The Bertz CT molecular complexity index is 708. The van der Waals surface area contributed by atoms with Crippen LogP contribution in [0, 0.1) is 11.3 Å². The van der Waals surface area contributed by atoms with E-state index < -0.39 is 6.10 Å². The summed E-state index contributed by atoms with van der Waals surface area (Å²) >= 11 is 0. The predicted octanol–water partition coefficient (Wildman–Crippen LogP) is 1.86. The number of aliphatic hydroxyl groups is 1. The summed E-state index contributed by atoms with van der Waals surface area (Å²) in [6, 6.07) is 13.4. The molecule has 0 aliphatic heterocycles. The maximum Gasteiger partial charge on any atom is 0.251 e. The molecule has 0 aliphatic carbocycles. The van der Waals surface area contributed by atoms with Crippen LogP contribution in [0.5, 0.6) is 11.6 Å². The Morgan fingerprint density at radius 3 is 2.91 bits per heavy atom. The van der Waals surface area contributed by atoms with E-state index in [0.717, 1.165) is 0 Å². The fraction of sp³-hybridized carbons (Fsp3) is 0.188. The molecular formula is C16H15N3O3. The number of hydrogen-bond donors (Lipinski definition) is 2. The van der Waals surface area contributed by atoms with Gasteiger partial charge in [0.1, 0.15) is 17.5 Å². The maximum atomic E-state index is 11.9. The number of aliphatic hydroxyl groups excluding tert-OH is 1. The fourth-order valence-electron chi connectivity index (χ4n) is 1.70. The topological polar surface area (TPSA) is 95.2 Å². The van der Waals surface area contributed by atoms with Crippen molar-refractivity contribution in [3.8, 4) is 17.7 Å². The third-order valence-corrected chi connectivity index (χ3v) is 2.71. The molecule has 0 saturated heterocycles. The number of pyridine rings is 1. The van der Waals surface area contributed by atoms with E-state index in [1.165, 1.54) is 0 Å². The van der Waals surface area contributed by atoms with Gasteiger partial charge < -0.3 is 15.2 Å². The first-order valence-electron chi connectivity index (χ1n) is 6.70. The molecular weight excluding hydrogens is 282 g/mol. The van der Waals surface area contributed by atoms with E-state index in [-0.39, 0.29) is 24.0 Å². The molecule has 112 valence electrons. The average molecular weight is 297 g/mol. The molecule has 1 atom stereocenters. The third kappa shape index (κ3) is 4.30. The maximum absolute atomic E-state index is 11.9. The summed E-state index contributed by atoms with van der Waals surface area (Å²) in [6.07, 6.45) is -0.610. The van der Waals surface area contributed by atoms with Gasteiger partial charge in [0.05, 0.1) is 6.10 Å². The van der Waals surface area contributed by atoms with Crippen LogP contribution in [-0.2, 0) is 0 Å². The van der Waals surface area contributed by atoms with E-state index in [1.54, 1.807) is 49.4 Å². The summed E-state index contributed by atoms with van der Waals surface area (Å²) in [4.78, 5) is 15.9. The molecule has 1 amide bonds. The van der Waals surface area contributed by atoms with Crippen LogP contribution in [0.2, 0.25) is 0 Å². The van der Waals surface area contributed by atoms with Crippen molar-refractivity contribution < 1.29 is 14.6 Å². The van der Waals surface area contributed by atoms with Crippen LogP contribution in [0.3, 0.4) is 0 Å². The molecule has 0 spiro atoms. The summed E-state index contributed by atoms with van der Waals surface area (Å²) in [5.41, 5.74) is 0.665. The molecule has 6 heteroatoms. The minimum absolute atomic E-state index is 0.176. The van der Waals surface area contributed by atoms with Crippen LogP contribution in [0.15, 0.2) is 42.5 Å². The zero-order chi connectivity index (χ0) is 15.9. The molecule has 2 rings (SSSR count).